The standard InChI is InChI=1S/C23H33N3O10S2/c1-15-23(2,3)20-17(22(30)25-9-12-38(34,35)36)13-16(21(29)24-8-11-37(31,32)33)14-18(20)26(15)10-6-4-5-7-19(27)28/h13-14H,4-12H2,1-3H3,(H4-,24,25,27,28,29,30,31,32,33,34,35,36)/p+1. The summed E-state index contributed by atoms with van der Waals surface area (Å²) < 4.78 is 64.0. The Hall–Kier alpha value is -2.88. The van der Waals surface area contributed by atoms with Crippen molar-refractivity contribution in [2.24, 2.45) is 0 Å². The van der Waals surface area contributed by atoms with Crippen LogP contribution in [0.3, 0.4) is 0 Å². The smallest absolute Gasteiger partial charge is 0.303 e. The number of carbonyl (C=O) groups is 3. The molecule has 2 rings (SSSR count). The molecule has 0 saturated heterocycles. The van der Waals surface area contributed by atoms with Crippen molar-refractivity contribution < 1.29 is 50.0 Å². The molecule has 0 fully saturated rings. The monoisotopic (exact) mass is 576 g/mol. The highest BCUT2D eigenvalue weighted by Crippen LogP contribution is 2.42. The molecule has 1 aromatic rings. The first kappa shape index (κ1) is 31.3. The van der Waals surface area contributed by atoms with Gasteiger partial charge in [-0.25, -0.2) is 0 Å². The summed E-state index contributed by atoms with van der Waals surface area (Å²) in [5.41, 5.74) is 1.52. The van der Waals surface area contributed by atoms with Gasteiger partial charge >= 0.3 is 5.97 Å². The lowest BCUT2D eigenvalue weighted by Gasteiger charge is -2.19. The second-order valence-corrected chi connectivity index (χ2v) is 12.7. The fourth-order valence-corrected chi connectivity index (χ4v) is 5.02. The molecular formula is C23H34N3O10S2+. The van der Waals surface area contributed by atoms with Gasteiger partial charge in [-0.05, 0) is 32.8 Å². The molecule has 212 valence electrons. The maximum atomic E-state index is 13.2. The average Bonchev–Trinajstić information content (AvgIpc) is 2.96. The molecule has 1 aromatic carbocycles. The molecule has 1 aliphatic rings. The normalized spacial score (nSPS) is 14.8. The van der Waals surface area contributed by atoms with Crippen molar-refractivity contribution in [3.63, 3.8) is 0 Å². The minimum atomic E-state index is -4.32. The zero-order valence-electron chi connectivity index (χ0n) is 21.5. The van der Waals surface area contributed by atoms with Crippen LogP contribution < -0.4 is 10.6 Å². The van der Waals surface area contributed by atoms with Gasteiger partial charge in [-0.15, -0.1) is 0 Å². The van der Waals surface area contributed by atoms with E-state index in [1.54, 1.807) is 6.07 Å². The van der Waals surface area contributed by atoms with E-state index in [1.807, 2.05) is 25.3 Å². The van der Waals surface area contributed by atoms with E-state index >= 15 is 0 Å². The van der Waals surface area contributed by atoms with Crippen LogP contribution in [0.5, 0.6) is 0 Å². The van der Waals surface area contributed by atoms with Crippen LogP contribution in [0.15, 0.2) is 12.1 Å². The number of carbonyl (C=O) groups excluding carboxylic acids is 2. The quantitative estimate of drug-likeness (QED) is 0.120. The van der Waals surface area contributed by atoms with Crippen LogP contribution in [-0.4, -0.2) is 90.3 Å². The largest absolute Gasteiger partial charge is 0.481 e. The molecule has 0 aromatic heterocycles. The molecule has 2 amide bonds. The Balaban J connectivity index is 2.46. The molecule has 0 bridgehead atoms. The minimum absolute atomic E-state index is 0.0420. The van der Waals surface area contributed by atoms with Crippen molar-refractivity contribution in [2.75, 3.05) is 31.1 Å². The summed E-state index contributed by atoms with van der Waals surface area (Å²) in [5.74, 6) is -3.63. The van der Waals surface area contributed by atoms with Crippen LogP contribution in [0.1, 0.15) is 72.7 Å². The van der Waals surface area contributed by atoms with Crippen LogP contribution in [-0.2, 0) is 30.4 Å². The van der Waals surface area contributed by atoms with E-state index in [4.69, 9.17) is 14.2 Å². The van der Waals surface area contributed by atoms with Gasteiger partial charge in [0.2, 0.25) is 5.69 Å². The number of hydrogen-bond acceptors (Lipinski definition) is 7. The van der Waals surface area contributed by atoms with Gasteiger partial charge in [0.1, 0.15) is 6.54 Å². The van der Waals surface area contributed by atoms with Crippen LogP contribution in [0.2, 0.25) is 0 Å². The second-order valence-electron chi connectivity index (χ2n) is 9.57. The van der Waals surface area contributed by atoms with Crippen LogP contribution in [0.25, 0.3) is 0 Å². The van der Waals surface area contributed by atoms with Crippen LogP contribution in [0.4, 0.5) is 5.69 Å². The third-order valence-corrected chi connectivity index (χ3v) is 7.85. The van der Waals surface area contributed by atoms with Gasteiger partial charge in [-0.1, -0.05) is 0 Å². The summed E-state index contributed by atoms with van der Waals surface area (Å²) in [4.78, 5) is 36.8. The van der Waals surface area contributed by atoms with Gasteiger partial charge < -0.3 is 15.7 Å². The van der Waals surface area contributed by atoms with Crippen molar-refractivity contribution in [2.45, 2.75) is 51.9 Å². The number of amides is 2. The highest BCUT2D eigenvalue weighted by molar-refractivity contribution is 7.86. The third-order valence-electron chi connectivity index (χ3n) is 6.41. The third kappa shape index (κ3) is 8.58. The lowest BCUT2D eigenvalue weighted by atomic mass is 9.79. The number of carboxylic acid groups (broad SMARTS) is 1. The van der Waals surface area contributed by atoms with Crippen molar-refractivity contribution in [3.05, 3.63) is 28.8 Å². The molecule has 0 radical (unpaired) electrons. The number of carboxylic acids is 1. The van der Waals surface area contributed by atoms with Crippen LogP contribution in [0, 0.1) is 0 Å². The van der Waals surface area contributed by atoms with E-state index in [9.17, 15) is 31.2 Å². The maximum absolute atomic E-state index is 13.2. The zero-order chi connectivity index (χ0) is 28.9. The minimum Gasteiger partial charge on any atom is -0.481 e. The predicted molar refractivity (Wildman–Crippen MR) is 139 cm³/mol. The van der Waals surface area contributed by atoms with Crippen LogP contribution >= 0.6 is 0 Å². The maximum Gasteiger partial charge on any atom is 0.303 e. The van der Waals surface area contributed by atoms with E-state index in [1.165, 1.54) is 6.07 Å². The molecule has 38 heavy (non-hydrogen) atoms. The SMILES string of the molecule is CC1=[N+](CCCCCC(=O)O)c2cc(C(=O)NCCS(=O)(=O)O)cc(C(=O)NCCS(=O)(=O)O)c2C1(C)C. The predicted octanol–water partition coefficient (Wildman–Crippen LogP) is 0.963. The number of nitrogens with one attached hydrogen (secondary N) is 2. The molecule has 5 N–H and O–H groups in total. The first-order valence-electron chi connectivity index (χ1n) is 11.9. The van der Waals surface area contributed by atoms with Gasteiger partial charge in [-0.3, -0.25) is 23.5 Å². The summed E-state index contributed by atoms with van der Waals surface area (Å²) in [5, 5.41) is 13.7. The molecule has 0 unspecified atom stereocenters. The Morgan fingerprint density at radius 2 is 1.45 bits per heavy atom. The Morgan fingerprint density at radius 3 is 1.97 bits per heavy atom. The molecule has 15 heteroatoms. The molecule has 0 atom stereocenters. The fourth-order valence-electron chi connectivity index (χ4n) is 4.30. The van der Waals surface area contributed by atoms with Gasteiger partial charge in [0.05, 0.1) is 28.0 Å². The van der Waals surface area contributed by atoms with Crippen molar-refractivity contribution in [1.29, 1.82) is 0 Å². The first-order chi connectivity index (χ1) is 17.4. The average molecular weight is 577 g/mol. The molecule has 1 heterocycles. The van der Waals surface area contributed by atoms with Gasteiger partial charge in [0.25, 0.3) is 32.1 Å². The fraction of sp³-hybridized carbons (Fsp3) is 0.565. The summed E-state index contributed by atoms with van der Waals surface area (Å²) in [6, 6.07) is 2.90. The van der Waals surface area contributed by atoms with Crippen molar-refractivity contribution in [1.82, 2.24) is 10.6 Å². The van der Waals surface area contributed by atoms with Crippen molar-refractivity contribution >= 4 is 49.4 Å². The molecule has 0 spiro atoms. The number of fused-ring (bicyclic) bond motifs is 1. The van der Waals surface area contributed by atoms with Gasteiger partial charge in [0, 0.05) is 44.5 Å². The molecule has 0 saturated carbocycles. The summed E-state index contributed by atoms with van der Waals surface area (Å²) >= 11 is 0. The van der Waals surface area contributed by atoms with E-state index in [-0.39, 0.29) is 30.6 Å². The van der Waals surface area contributed by atoms with E-state index < -0.39 is 54.9 Å². The Bertz CT molecular complexity index is 1350. The van der Waals surface area contributed by atoms with Gasteiger partial charge in [-0.2, -0.15) is 21.4 Å². The van der Waals surface area contributed by atoms with E-state index in [0.717, 1.165) is 5.71 Å². The van der Waals surface area contributed by atoms with E-state index in [2.05, 4.69) is 10.6 Å². The Kier molecular flexibility index (Phi) is 10.2. The molecule has 0 aliphatic carbocycles. The highest BCUT2D eigenvalue weighted by Gasteiger charge is 2.46. The molecule has 13 nitrogen and oxygen atoms in total. The van der Waals surface area contributed by atoms with Gasteiger partial charge in [0.15, 0.2) is 5.71 Å². The highest BCUT2D eigenvalue weighted by atomic mass is 32.2. The summed E-state index contributed by atoms with van der Waals surface area (Å²) in [6.07, 6.45) is 1.83. The number of unbranched alkanes of at least 4 members (excludes halogenated alkanes) is 2. The summed E-state index contributed by atoms with van der Waals surface area (Å²) in [7, 11) is -8.62. The summed E-state index contributed by atoms with van der Waals surface area (Å²) in [6.45, 7) is 5.42. The lowest BCUT2D eigenvalue weighted by Crippen LogP contribution is -2.33. The molecule has 1 aliphatic heterocycles. The molecular weight excluding hydrogens is 542 g/mol. The first-order valence-corrected chi connectivity index (χ1v) is 15.1. The number of hydrogen-bond donors (Lipinski definition) is 5. The zero-order valence-corrected chi connectivity index (χ0v) is 23.1. The topological polar surface area (TPSA) is 207 Å². The lowest BCUT2D eigenvalue weighted by molar-refractivity contribution is -0.439. The Morgan fingerprint density at radius 1 is 0.895 bits per heavy atom. The second kappa shape index (κ2) is 12.3. The number of aliphatic carboxylic acids is 1. The number of nitrogens with zero attached hydrogens (tertiary/aromatic N) is 1. The van der Waals surface area contributed by atoms with Crippen molar-refractivity contribution in [3.8, 4) is 0 Å². The number of benzene rings is 1. The Labute approximate surface area is 221 Å². The van der Waals surface area contributed by atoms with E-state index in [0.29, 0.717) is 37.1 Å². The number of rotatable bonds is 14.